The number of thiophene rings is 1. The smallest absolute Gasteiger partial charge is 0.165 e. The molecule has 0 unspecified atom stereocenters. The van der Waals surface area contributed by atoms with Crippen LogP contribution in [-0.4, -0.2) is 15.0 Å². The first-order chi connectivity index (χ1) is 29.3. The van der Waals surface area contributed by atoms with E-state index in [0.29, 0.717) is 17.2 Å². The third-order valence-electron chi connectivity index (χ3n) is 9.87. The summed E-state index contributed by atoms with van der Waals surface area (Å²) in [5.74, 6) is 0.673. The van der Waals surface area contributed by atoms with Gasteiger partial charge >= 0.3 is 0 Å². The van der Waals surface area contributed by atoms with Gasteiger partial charge in [0.15, 0.2) is 17.5 Å². The summed E-state index contributed by atoms with van der Waals surface area (Å²) in [5, 5.41) is 2.15. The maximum absolute atomic E-state index is 8.81. The van der Waals surface area contributed by atoms with Gasteiger partial charge in [-0.15, -0.1) is 11.3 Å². The van der Waals surface area contributed by atoms with Crippen molar-refractivity contribution in [3.63, 3.8) is 0 Å². The number of rotatable bonds is 7. The molecule has 4 heteroatoms. The van der Waals surface area contributed by atoms with Gasteiger partial charge in [0.1, 0.15) is 0 Å². The number of fused-ring (bicyclic) bond motifs is 3. The topological polar surface area (TPSA) is 38.7 Å². The lowest BCUT2D eigenvalue weighted by molar-refractivity contribution is 1.08. The SMILES string of the molecule is [2H]c1c([2H])c([2H])c(-c2nc(-c3cccc(-c4ccccc4)c3)nc(-c3cccc4c3sc3c(-c5ccc(-c6ccc(-c7ccccc7)cc6)cc5)cccc34)n2)c([2H])c1[2H]. The van der Waals surface area contributed by atoms with E-state index in [1.165, 1.54) is 11.1 Å². The van der Waals surface area contributed by atoms with Crippen LogP contribution in [0.5, 0.6) is 0 Å². The summed E-state index contributed by atoms with van der Waals surface area (Å²) in [6.45, 7) is 0. The average molecular weight is 725 g/mol. The van der Waals surface area contributed by atoms with Gasteiger partial charge in [-0.2, -0.15) is 0 Å². The molecular formula is C51H33N3S. The van der Waals surface area contributed by atoms with E-state index in [4.69, 9.17) is 21.8 Å². The van der Waals surface area contributed by atoms with Crippen LogP contribution >= 0.6 is 11.3 Å². The molecular weight excluding hydrogens is 687 g/mol. The van der Waals surface area contributed by atoms with Crippen LogP contribution in [0.2, 0.25) is 0 Å². The molecule has 0 radical (unpaired) electrons. The summed E-state index contributed by atoms with van der Waals surface area (Å²) in [7, 11) is 0. The average Bonchev–Trinajstić information content (AvgIpc) is 3.70. The first kappa shape index (κ1) is 27.6. The number of aromatic nitrogens is 3. The molecule has 55 heavy (non-hydrogen) atoms. The lowest BCUT2D eigenvalue weighted by Gasteiger charge is -2.10. The molecule has 0 amide bonds. The predicted molar refractivity (Wildman–Crippen MR) is 231 cm³/mol. The highest BCUT2D eigenvalue weighted by molar-refractivity contribution is 7.26. The monoisotopic (exact) mass is 724 g/mol. The van der Waals surface area contributed by atoms with Gasteiger partial charge in [0.2, 0.25) is 0 Å². The van der Waals surface area contributed by atoms with Crippen molar-refractivity contribution in [3.05, 3.63) is 200 Å². The summed E-state index contributed by atoms with van der Waals surface area (Å²) in [4.78, 5) is 14.7. The zero-order valence-corrected chi connectivity index (χ0v) is 30.2. The molecule has 0 fully saturated rings. The Kier molecular flexibility index (Phi) is 7.06. The fraction of sp³-hybridized carbons (Fsp3) is 0. The Morgan fingerprint density at radius 3 is 1.38 bits per heavy atom. The summed E-state index contributed by atoms with van der Waals surface area (Å²) in [5.41, 5.74) is 10.2. The van der Waals surface area contributed by atoms with Crippen molar-refractivity contribution < 1.29 is 6.85 Å². The molecule has 0 saturated carbocycles. The quantitative estimate of drug-likeness (QED) is 0.164. The molecule has 2 heterocycles. The Hall–Kier alpha value is -7.01. The summed E-state index contributed by atoms with van der Waals surface area (Å²) in [6, 6.07) is 55.9. The third kappa shape index (κ3) is 6.29. The first-order valence-electron chi connectivity index (χ1n) is 20.5. The van der Waals surface area contributed by atoms with Crippen LogP contribution < -0.4 is 0 Å². The minimum atomic E-state index is -0.475. The van der Waals surface area contributed by atoms with Crippen molar-refractivity contribution in [2.24, 2.45) is 0 Å². The molecule has 0 saturated heterocycles. The molecule has 0 aliphatic carbocycles. The second-order valence-corrected chi connectivity index (χ2v) is 14.3. The van der Waals surface area contributed by atoms with E-state index in [2.05, 4.69) is 97.1 Å². The number of hydrogen-bond acceptors (Lipinski definition) is 4. The van der Waals surface area contributed by atoms with Crippen LogP contribution in [0.4, 0.5) is 0 Å². The number of hydrogen-bond donors (Lipinski definition) is 0. The Balaban J connectivity index is 1.10. The van der Waals surface area contributed by atoms with Gasteiger partial charge in [-0.3, -0.25) is 0 Å². The number of nitrogens with zero attached hydrogens (tertiary/aromatic N) is 3. The molecule has 0 aliphatic heterocycles. The third-order valence-corrected chi connectivity index (χ3v) is 11.2. The van der Waals surface area contributed by atoms with Gasteiger partial charge in [-0.25, -0.2) is 15.0 Å². The zero-order chi connectivity index (χ0) is 40.9. The Morgan fingerprint density at radius 1 is 0.327 bits per heavy atom. The van der Waals surface area contributed by atoms with Crippen molar-refractivity contribution in [2.75, 3.05) is 0 Å². The van der Waals surface area contributed by atoms with Crippen molar-refractivity contribution >= 4 is 31.5 Å². The van der Waals surface area contributed by atoms with Crippen LogP contribution in [0.1, 0.15) is 6.85 Å². The minimum absolute atomic E-state index is 0.00529. The maximum atomic E-state index is 8.81. The first-order valence-corrected chi connectivity index (χ1v) is 18.8. The number of benzene rings is 8. The molecule has 10 aromatic rings. The van der Waals surface area contributed by atoms with Crippen LogP contribution in [0.15, 0.2) is 200 Å². The molecule has 0 N–H and O–H groups in total. The second-order valence-electron chi connectivity index (χ2n) is 13.2. The van der Waals surface area contributed by atoms with Crippen LogP contribution in [0.25, 0.3) is 98.8 Å². The Bertz CT molecular complexity index is 3210. The lowest BCUT2D eigenvalue weighted by Crippen LogP contribution is -2.00. The van der Waals surface area contributed by atoms with Crippen LogP contribution in [0, 0.1) is 0 Å². The highest BCUT2D eigenvalue weighted by atomic mass is 32.1. The normalized spacial score (nSPS) is 12.5. The van der Waals surface area contributed by atoms with Gasteiger partial charge in [0.05, 0.1) is 6.85 Å². The molecule has 3 nitrogen and oxygen atoms in total. The van der Waals surface area contributed by atoms with E-state index in [1.54, 1.807) is 11.3 Å². The van der Waals surface area contributed by atoms with E-state index >= 15 is 0 Å². The van der Waals surface area contributed by atoms with Gasteiger partial charge in [-0.1, -0.05) is 188 Å². The van der Waals surface area contributed by atoms with E-state index in [-0.39, 0.29) is 23.5 Å². The molecule has 258 valence electrons. The fourth-order valence-corrected chi connectivity index (χ4v) is 8.46. The molecule has 0 atom stereocenters. The van der Waals surface area contributed by atoms with Crippen molar-refractivity contribution in [1.29, 1.82) is 0 Å². The van der Waals surface area contributed by atoms with Gasteiger partial charge in [0, 0.05) is 36.9 Å². The predicted octanol–water partition coefficient (Wildman–Crippen LogP) is 13.9. The summed E-state index contributed by atoms with van der Waals surface area (Å²) < 4.78 is 44.8. The molecule has 0 bridgehead atoms. The highest BCUT2D eigenvalue weighted by Gasteiger charge is 2.18. The molecule has 10 rings (SSSR count). The van der Waals surface area contributed by atoms with Crippen molar-refractivity contribution in [2.45, 2.75) is 0 Å². The molecule has 0 aliphatic rings. The summed E-state index contributed by atoms with van der Waals surface area (Å²) in [6.07, 6.45) is 0. The van der Waals surface area contributed by atoms with Crippen LogP contribution in [-0.2, 0) is 0 Å². The van der Waals surface area contributed by atoms with E-state index < -0.39 is 18.1 Å². The highest BCUT2D eigenvalue weighted by Crippen LogP contribution is 2.44. The Labute approximate surface area is 331 Å². The Morgan fingerprint density at radius 2 is 0.764 bits per heavy atom. The summed E-state index contributed by atoms with van der Waals surface area (Å²) >= 11 is 1.66. The second kappa shape index (κ2) is 14.1. The lowest BCUT2D eigenvalue weighted by atomic mass is 9.97. The van der Waals surface area contributed by atoms with Gasteiger partial charge in [-0.05, 0) is 56.6 Å². The molecule has 8 aromatic carbocycles. The largest absolute Gasteiger partial charge is 0.208 e. The molecule has 0 spiro atoms. The van der Waals surface area contributed by atoms with E-state index in [9.17, 15) is 0 Å². The van der Waals surface area contributed by atoms with Crippen molar-refractivity contribution in [1.82, 2.24) is 15.0 Å². The van der Waals surface area contributed by atoms with Gasteiger partial charge in [0.25, 0.3) is 0 Å². The maximum Gasteiger partial charge on any atom is 0.165 e. The van der Waals surface area contributed by atoms with Gasteiger partial charge < -0.3 is 0 Å². The van der Waals surface area contributed by atoms with E-state index in [1.807, 2.05) is 72.8 Å². The molecule has 2 aromatic heterocycles. The minimum Gasteiger partial charge on any atom is -0.208 e. The zero-order valence-electron chi connectivity index (χ0n) is 34.4. The van der Waals surface area contributed by atoms with Crippen molar-refractivity contribution in [3.8, 4) is 78.7 Å². The van der Waals surface area contributed by atoms with Crippen LogP contribution in [0.3, 0.4) is 0 Å². The fourth-order valence-electron chi connectivity index (χ4n) is 7.12. The van der Waals surface area contributed by atoms with E-state index in [0.717, 1.165) is 59.1 Å². The standard InChI is InChI=1S/C51H33N3S/c1-4-13-34(14-5-1)36-25-27-37(28-26-36)38-29-31-39(32-30-38)43-21-11-22-44-45-23-12-24-46(48(45)55-47(43)44)51-53-49(40-17-8-3-9-18-40)52-50(54-51)42-20-10-19-41(33-42)35-15-6-2-7-16-35/h1-33H/i3D,8D,9D,17D,18D.